The number of carbonyl (C=O) groups excluding carboxylic acids is 1. The van der Waals surface area contributed by atoms with Gasteiger partial charge in [0, 0.05) is 37.1 Å². The van der Waals surface area contributed by atoms with Gasteiger partial charge in [-0.3, -0.25) is 4.79 Å². The largest absolute Gasteiger partial charge is 0.457 e. The summed E-state index contributed by atoms with van der Waals surface area (Å²) in [6, 6.07) is 13.7. The molecule has 0 saturated carbocycles. The summed E-state index contributed by atoms with van der Waals surface area (Å²) in [5, 5.41) is 6.31. The minimum absolute atomic E-state index is 0.0617. The summed E-state index contributed by atoms with van der Waals surface area (Å²) in [4.78, 5) is 12.0. The summed E-state index contributed by atoms with van der Waals surface area (Å²) in [5.41, 5.74) is 1.01. The predicted octanol–water partition coefficient (Wildman–Crippen LogP) is 3.33. The first kappa shape index (κ1) is 17.8. The van der Waals surface area contributed by atoms with Gasteiger partial charge in [0.2, 0.25) is 5.91 Å². The predicted molar refractivity (Wildman–Crippen MR) is 98.5 cm³/mol. The summed E-state index contributed by atoms with van der Waals surface area (Å²) in [5.74, 6) is 3.13. The van der Waals surface area contributed by atoms with Crippen molar-refractivity contribution in [1.29, 1.82) is 0 Å². The van der Waals surface area contributed by atoms with E-state index in [0.717, 1.165) is 23.6 Å². The molecule has 4 nitrogen and oxygen atoms in total. The van der Waals surface area contributed by atoms with E-state index in [0.29, 0.717) is 24.5 Å². The van der Waals surface area contributed by atoms with E-state index in [2.05, 4.69) is 10.6 Å². The second-order valence-electron chi connectivity index (χ2n) is 5.91. The van der Waals surface area contributed by atoms with Crippen molar-refractivity contribution in [2.45, 2.75) is 19.0 Å². The third kappa shape index (κ3) is 5.76. The summed E-state index contributed by atoms with van der Waals surface area (Å²) < 4.78 is 18.5. The lowest BCUT2D eigenvalue weighted by molar-refractivity contribution is -0.121. The first-order chi connectivity index (χ1) is 12.2. The Bertz CT molecular complexity index is 686. The van der Waals surface area contributed by atoms with Crippen LogP contribution in [0.3, 0.4) is 0 Å². The van der Waals surface area contributed by atoms with E-state index in [1.807, 2.05) is 36.0 Å². The maximum atomic E-state index is 12.9. The zero-order chi connectivity index (χ0) is 17.5. The van der Waals surface area contributed by atoms with Crippen molar-refractivity contribution in [3.8, 4) is 11.5 Å². The van der Waals surface area contributed by atoms with Gasteiger partial charge in [-0.05, 0) is 42.0 Å². The highest BCUT2D eigenvalue weighted by atomic mass is 32.2. The van der Waals surface area contributed by atoms with Crippen molar-refractivity contribution in [1.82, 2.24) is 10.6 Å². The first-order valence-corrected chi connectivity index (χ1v) is 9.45. The molecule has 132 valence electrons. The number of amides is 1. The molecule has 1 amide bonds. The Morgan fingerprint density at radius 2 is 1.84 bits per heavy atom. The van der Waals surface area contributed by atoms with Gasteiger partial charge in [-0.1, -0.05) is 12.1 Å². The monoisotopic (exact) mass is 360 g/mol. The molecule has 2 N–H and O–H groups in total. The van der Waals surface area contributed by atoms with Crippen LogP contribution in [0.15, 0.2) is 48.5 Å². The fourth-order valence-electron chi connectivity index (χ4n) is 2.56. The molecule has 1 aliphatic rings. The number of nitrogens with one attached hydrogen (secondary N) is 2. The van der Waals surface area contributed by atoms with Crippen molar-refractivity contribution in [2.75, 3.05) is 18.1 Å². The molecule has 1 saturated heterocycles. The number of hydrogen-bond donors (Lipinski definition) is 2. The van der Waals surface area contributed by atoms with Gasteiger partial charge in [0.15, 0.2) is 0 Å². The van der Waals surface area contributed by atoms with Gasteiger partial charge in [-0.15, -0.1) is 0 Å². The van der Waals surface area contributed by atoms with Crippen LogP contribution in [-0.2, 0) is 11.3 Å². The summed E-state index contributed by atoms with van der Waals surface area (Å²) >= 11 is 1.89. The molecule has 2 aromatic rings. The van der Waals surface area contributed by atoms with Gasteiger partial charge >= 0.3 is 0 Å². The molecule has 1 aliphatic heterocycles. The van der Waals surface area contributed by atoms with E-state index in [9.17, 15) is 9.18 Å². The number of ether oxygens (including phenoxy) is 1. The van der Waals surface area contributed by atoms with E-state index in [-0.39, 0.29) is 17.8 Å². The van der Waals surface area contributed by atoms with Crippen LogP contribution >= 0.6 is 11.8 Å². The Kier molecular flexibility index (Phi) is 6.30. The Labute approximate surface area is 151 Å². The first-order valence-electron chi connectivity index (χ1n) is 8.29. The number of halogens is 1. The third-order valence-electron chi connectivity index (χ3n) is 3.89. The van der Waals surface area contributed by atoms with Crippen LogP contribution in [0.1, 0.15) is 12.0 Å². The van der Waals surface area contributed by atoms with Crippen molar-refractivity contribution in [2.24, 2.45) is 0 Å². The maximum Gasteiger partial charge on any atom is 0.221 e. The number of benzene rings is 2. The minimum atomic E-state index is -0.291. The maximum absolute atomic E-state index is 12.9. The van der Waals surface area contributed by atoms with E-state index in [4.69, 9.17) is 4.74 Å². The molecule has 2 aromatic carbocycles. The van der Waals surface area contributed by atoms with Crippen LogP contribution in [-0.4, -0.2) is 30.0 Å². The van der Waals surface area contributed by atoms with Crippen molar-refractivity contribution < 1.29 is 13.9 Å². The molecule has 1 atom stereocenters. The van der Waals surface area contributed by atoms with E-state index < -0.39 is 0 Å². The number of hydrogen-bond acceptors (Lipinski definition) is 4. The van der Waals surface area contributed by atoms with Gasteiger partial charge in [0.1, 0.15) is 17.3 Å². The molecule has 3 rings (SSSR count). The fourth-order valence-corrected chi connectivity index (χ4v) is 3.51. The average Bonchev–Trinajstić information content (AvgIpc) is 2.64. The van der Waals surface area contributed by atoms with Crippen molar-refractivity contribution in [3.63, 3.8) is 0 Å². The molecule has 25 heavy (non-hydrogen) atoms. The molecular formula is C19H21FN2O2S. The zero-order valence-corrected chi connectivity index (χ0v) is 14.7. The molecule has 0 aromatic heterocycles. The van der Waals surface area contributed by atoms with Crippen LogP contribution in [0.25, 0.3) is 0 Å². The number of thioether (sulfide) groups is 1. The second kappa shape index (κ2) is 8.87. The van der Waals surface area contributed by atoms with Gasteiger partial charge < -0.3 is 15.4 Å². The summed E-state index contributed by atoms with van der Waals surface area (Å²) in [6.07, 6.45) is 0.513. The molecule has 1 unspecified atom stereocenters. The van der Waals surface area contributed by atoms with Crippen LogP contribution in [0.4, 0.5) is 4.39 Å². The second-order valence-corrected chi connectivity index (χ2v) is 7.06. The standard InChI is InChI=1S/C19H21FN2O2S/c20-15-3-7-18(8-4-15)24-17-5-1-14(2-6-17)12-22-19(23)11-16-13-25-10-9-21-16/h1-8,16,21H,9-13H2,(H,22,23). The third-order valence-corrected chi connectivity index (χ3v) is 5.02. The van der Waals surface area contributed by atoms with E-state index in [1.54, 1.807) is 12.1 Å². The van der Waals surface area contributed by atoms with Gasteiger partial charge in [-0.25, -0.2) is 4.39 Å². The van der Waals surface area contributed by atoms with Crippen LogP contribution < -0.4 is 15.4 Å². The highest BCUT2D eigenvalue weighted by Gasteiger charge is 2.16. The highest BCUT2D eigenvalue weighted by Crippen LogP contribution is 2.21. The lowest BCUT2D eigenvalue weighted by Gasteiger charge is -2.22. The molecule has 0 bridgehead atoms. The van der Waals surface area contributed by atoms with Crippen LogP contribution in [0.5, 0.6) is 11.5 Å². The van der Waals surface area contributed by atoms with Crippen LogP contribution in [0, 0.1) is 5.82 Å². The summed E-state index contributed by atoms with van der Waals surface area (Å²) in [6.45, 7) is 1.47. The normalized spacial score (nSPS) is 17.1. The molecule has 0 aliphatic carbocycles. The Morgan fingerprint density at radius 3 is 2.48 bits per heavy atom. The molecule has 1 heterocycles. The van der Waals surface area contributed by atoms with E-state index >= 15 is 0 Å². The topological polar surface area (TPSA) is 50.4 Å². The molecule has 6 heteroatoms. The van der Waals surface area contributed by atoms with Crippen LogP contribution in [0.2, 0.25) is 0 Å². The lowest BCUT2D eigenvalue weighted by atomic mass is 10.2. The highest BCUT2D eigenvalue weighted by molar-refractivity contribution is 7.99. The summed E-state index contributed by atoms with van der Waals surface area (Å²) in [7, 11) is 0. The number of carbonyl (C=O) groups is 1. The molecule has 0 spiro atoms. The molecule has 1 fully saturated rings. The number of rotatable bonds is 6. The van der Waals surface area contributed by atoms with Gasteiger partial charge in [-0.2, -0.15) is 11.8 Å². The Balaban J connectivity index is 1.45. The molecular weight excluding hydrogens is 339 g/mol. The lowest BCUT2D eigenvalue weighted by Crippen LogP contribution is -2.41. The van der Waals surface area contributed by atoms with Crippen molar-refractivity contribution >= 4 is 17.7 Å². The molecule has 0 radical (unpaired) electrons. The Morgan fingerprint density at radius 1 is 1.16 bits per heavy atom. The minimum Gasteiger partial charge on any atom is -0.457 e. The quantitative estimate of drug-likeness (QED) is 0.830. The van der Waals surface area contributed by atoms with Gasteiger partial charge in [0.05, 0.1) is 0 Å². The zero-order valence-electron chi connectivity index (χ0n) is 13.8. The van der Waals surface area contributed by atoms with Crippen molar-refractivity contribution in [3.05, 3.63) is 59.9 Å². The fraction of sp³-hybridized carbons (Fsp3) is 0.316. The Hall–Kier alpha value is -2.05. The van der Waals surface area contributed by atoms with E-state index in [1.165, 1.54) is 12.1 Å². The smallest absolute Gasteiger partial charge is 0.221 e. The van der Waals surface area contributed by atoms with Gasteiger partial charge in [0.25, 0.3) is 0 Å². The SMILES string of the molecule is O=C(CC1CSCCN1)NCc1ccc(Oc2ccc(F)cc2)cc1. The average molecular weight is 360 g/mol.